The lowest BCUT2D eigenvalue weighted by molar-refractivity contribution is -0.115. The highest BCUT2D eigenvalue weighted by Gasteiger charge is 2.06. The van der Waals surface area contributed by atoms with Crippen LogP contribution in [0.1, 0.15) is 0 Å². The Morgan fingerprint density at radius 1 is 1.30 bits per heavy atom. The van der Waals surface area contributed by atoms with E-state index in [9.17, 15) is 13.6 Å². The van der Waals surface area contributed by atoms with Gasteiger partial charge in [0.05, 0.1) is 13.2 Å². The summed E-state index contributed by atoms with van der Waals surface area (Å²) < 4.78 is 30.5. The molecule has 0 aliphatic rings. The van der Waals surface area contributed by atoms with Crippen molar-refractivity contribution in [3.8, 4) is 0 Å². The number of carbonyl (C=O) groups is 1. The van der Waals surface area contributed by atoms with Gasteiger partial charge in [-0.3, -0.25) is 4.79 Å². The zero-order valence-electron chi connectivity index (χ0n) is 10.8. The van der Waals surface area contributed by atoms with Gasteiger partial charge in [0.15, 0.2) is 16.7 Å². The molecule has 1 aromatic rings. The van der Waals surface area contributed by atoms with Crippen LogP contribution < -0.4 is 16.0 Å². The van der Waals surface area contributed by atoms with E-state index in [0.29, 0.717) is 18.3 Å². The first-order valence-electron chi connectivity index (χ1n) is 5.78. The van der Waals surface area contributed by atoms with Crippen molar-refractivity contribution in [2.45, 2.75) is 0 Å². The van der Waals surface area contributed by atoms with Crippen LogP contribution in [0, 0.1) is 11.6 Å². The van der Waals surface area contributed by atoms with Gasteiger partial charge in [0.1, 0.15) is 0 Å². The fourth-order valence-corrected chi connectivity index (χ4v) is 1.44. The monoisotopic (exact) mass is 303 g/mol. The van der Waals surface area contributed by atoms with E-state index in [4.69, 9.17) is 17.0 Å². The first kappa shape index (κ1) is 16.3. The maximum Gasteiger partial charge on any atom is 0.243 e. The van der Waals surface area contributed by atoms with Crippen LogP contribution in [0.15, 0.2) is 18.2 Å². The van der Waals surface area contributed by atoms with Gasteiger partial charge < -0.3 is 20.7 Å². The minimum atomic E-state index is -1.02. The molecule has 0 saturated heterocycles. The SMILES string of the molecule is COCCNC(=S)NCC(=O)Nc1ccc(F)c(F)c1. The normalized spacial score (nSPS) is 9.95. The third-order valence-electron chi connectivity index (χ3n) is 2.20. The lowest BCUT2D eigenvalue weighted by atomic mass is 10.3. The molecule has 3 N–H and O–H groups in total. The lowest BCUT2D eigenvalue weighted by Gasteiger charge is -2.10. The van der Waals surface area contributed by atoms with Crippen molar-refractivity contribution in [2.24, 2.45) is 0 Å². The van der Waals surface area contributed by atoms with Crippen LogP contribution in [0.5, 0.6) is 0 Å². The number of anilines is 1. The smallest absolute Gasteiger partial charge is 0.243 e. The number of rotatable bonds is 6. The van der Waals surface area contributed by atoms with Crippen LogP contribution >= 0.6 is 12.2 Å². The van der Waals surface area contributed by atoms with Crippen molar-refractivity contribution < 1.29 is 18.3 Å². The Bertz CT molecular complexity index is 486. The van der Waals surface area contributed by atoms with Crippen molar-refractivity contribution in [3.05, 3.63) is 29.8 Å². The van der Waals surface area contributed by atoms with Gasteiger partial charge in [0.2, 0.25) is 5.91 Å². The van der Waals surface area contributed by atoms with Crippen molar-refractivity contribution in [1.82, 2.24) is 10.6 Å². The summed E-state index contributed by atoms with van der Waals surface area (Å²) >= 11 is 4.92. The molecule has 0 atom stereocenters. The average Bonchev–Trinajstić information content (AvgIpc) is 2.41. The highest BCUT2D eigenvalue weighted by molar-refractivity contribution is 7.80. The van der Waals surface area contributed by atoms with Crippen LogP contribution in [0.3, 0.4) is 0 Å². The summed E-state index contributed by atoms with van der Waals surface area (Å²) in [6, 6.07) is 3.11. The fraction of sp³-hybridized carbons (Fsp3) is 0.333. The number of halogens is 2. The maximum atomic E-state index is 12.9. The topological polar surface area (TPSA) is 62.4 Å². The third-order valence-corrected chi connectivity index (χ3v) is 2.49. The van der Waals surface area contributed by atoms with Gasteiger partial charge in [0, 0.05) is 25.4 Å². The molecule has 20 heavy (non-hydrogen) atoms. The summed E-state index contributed by atoms with van der Waals surface area (Å²) in [6.07, 6.45) is 0. The number of thiocarbonyl (C=S) groups is 1. The summed E-state index contributed by atoms with van der Waals surface area (Å²) in [5.41, 5.74) is 0.175. The van der Waals surface area contributed by atoms with Crippen molar-refractivity contribution >= 4 is 28.9 Å². The second-order valence-electron chi connectivity index (χ2n) is 3.78. The van der Waals surface area contributed by atoms with Gasteiger partial charge in [-0.2, -0.15) is 0 Å². The predicted octanol–water partition coefficient (Wildman–Crippen LogP) is 1.01. The Labute approximate surface area is 120 Å². The number of carbonyl (C=O) groups excluding carboxylic acids is 1. The molecule has 0 aliphatic heterocycles. The highest BCUT2D eigenvalue weighted by Crippen LogP contribution is 2.12. The number of amides is 1. The molecule has 5 nitrogen and oxygen atoms in total. The summed E-state index contributed by atoms with van der Waals surface area (Å²) in [4.78, 5) is 11.5. The fourth-order valence-electron chi connectivity index (χ4n) is 1.27. The Balaban J connectivity index is 2.32. The first-order chi connectivity index (χ1) is 9.52. The van der Waals surface area contributed by atoms with Crippen LogP contribution in [-0.4, -0.2) is 37.8 Å². The Morgan fingerprint density at radius 3 is 2.70 bits per heavy atom. The second kappa shape index (κ2) is 8.39. The standard InChI is InChI=1S/C12H15F2N3O2S/c1-19-5-4-15-12(20)16-7-11(18)17-8-2-3-9(13)10(14)6-8/h2-3,6H,4-5,7H2,1H3,(H,17,18)(H2,15,16,20). The average molecular weight is 303 g/mol. The van der Waals surface area contributed by atoms with Gasteiger partial charge in [-0.1, -0.05) is 0 Å². The molecule has 0 unspecified atom stereocenters. The Hall–Kier alpha value is -1.80. The minimum Gasteiger partial charge on any atom is -0.383 e. The van der Waals surface area contributed by atoms with Gasteiger partial charge >= 0.3 is 0 Å². The number of nitrogens with one attached hydrogen (secondary N) is 3. The van der Waals surface area contributed by atoms with Gasteiger partial charge in [0.25, 0.3) is 0 Å². The van der Waals surface area contributed by atoms with E-state index >= 15 is 0 Å². The molecular formula is C12H15F2N3O2S. The molecule has 0 saturated carbocycles. The summed E-state index contributed by atoms with van der Waals surface area (Å²) in [5, 5.41) is 8.22. The second-order valence-corrected chi connectivity index (χ2v) is 4.19. The van der Waals surface area contributed by atoms with Crippen LogP contribution in [0.4, 0.5) is 14.5 Å². The molecule has 110 valence electrons. The van der Waals surface area contributed by atoms with E-state index in [1.54, 1.807) is 7.11 Å². The van der Waals surface area contributed by atoms with Crippen LogP contribution in [-0.2, 0) is 9.53 Å². The van der Waals surface area contributed by atoms with E-state index in [2.05, 4.69) is 16.0 Å². The van der Waals surface area contributed by atoms with E-state index in [0.717, 1.165) is 12.1 Å². The maximum absolute atomic E-state index is 12.9. The Kier molecular flexibility index (Phi) is 6.82. The molecule has 0 heterocycles. The highest BCUT2D eigenvalue weighted by atomic mass is 32.1. The molecule has 1 aromatic carbocycles. The molecule has 0 spiro atoms. The predicted molar refractivity (Wildman–Crippen MR) is 75.5 cm³/mol. The van der Waals surface area contributed by atoms with E-state index in [1.807, 2.05) is 0 Å². The van der Waals surface area contributed by atoms with Crippen molar-refractivity contribution in [1.29, 1.82) is 0 Å². The molecule has 1 amide bonds. The number of hydrogen-bond acceptors (Lipinski definition) is 3. The van der Waals surface area contributed by atoms with Crippen molar-refractivity contribution in [2.75, 3.05) is 32.1 Å². The first-order valence-corrected chi connectivity index (χ1v) is 6.19. The molecule has 0 bridgehead atoms. The largest absolute Gasteiger partial charge is 0.383 e. The molecule has 0 radical (unpaired) electrons. The van der Waals surface area contributed by atoms with Gasteiger partial charge in [-0.05, 0) is 24.4 Å². The van der Waals surface area contributed by atoms with Crippen LogP contribution in [0.25, 0.3) is 0 Å². The molecule has 1 rings (SSSR count). The third kappa shape index (κ3) is 5.89. The summed E-state index contributed by atoms with van der Waals surface area (Å²) in [7, 11) is 1.56. The molecule has 0 aliphatic carbocycles. The quantitative estimate of drug-likeness (QED) is 0.541. The van der Waals surface area contributed by atoms with Gasteiger partial charge in [-0.15, -0.1) is 0 Å². The Morgan fingerprint density at radius 2 is 2.05 bits per heavy atom. The minimum absolute atomic E-state index is 0.0855. The van der Waals surface area contributed by atoms with Gasteiger partial charge in [-0.25, -0.2) is 8.78 Å². The molecule has 0 aromatic heterocycles. The zero-order valence-corrected chi connectivity index (χ0v) is 11.7. The molecule has 0 fully saturated rings. The summed E-state index contributed by atoms with van der Waals surface area (Å²) in [6.45, 7) is 0.924. The number of hydrogen-bond donors (Lipinski definition) is 3. The van der Waals surface area contributed by atoms with E-state index < -0.39 is 17.5 Å². The molecular weight excluding hydrogens is 288 g/mol. The number of benzene rings is 1. The zero-order chi connectivity index (χ0) is 15.0. The van der Waals surface area contributed by atoms with E-state index in [1.165, 1.54) is 6.07 Å². The van der Waals surface area contributed by atoms with E-state index in [-0.39, 0.29) is 12.2 Å². The van der Waals surface area contributed by atoms with Crippen LogP contribution in [0.2, 0.25) is 0 Å². The van der Waals surface area contributed by atoms with Crippen molar-refractivity contribution in [3.63, 3.8) is 0 Å². The lowest BCUT2D eigenvalue weighted by Crippen LogP contribution is -2.40. The number of methoxy groups -OCH3 is 1. The molecule has 8 heteroatoms. The number of ether oxygens (including phenoxy) is 1. The summed E-state index contributed by atoms with van der Waals surface area (Å²) in [5.74, 6) is -2.41.